The number of amides is 1. The molecule has 0 saturated heterocycles. The third-order valence-electron chi connectivity index (χ3n) is 2.41. The minimum atomic E-state index is -0.0655. The van der Waals surface area contributed by atoms with E-state index in [2.05, 4.69) is 27.9 Å². The number of rotatable bonds is 3. The Hall–Kier alpha value is -1.07. The Labute approximate surface area is 124 Å². The molecule has 0 radical (unpaired) electrons. The molecule has 1 amide bonds. The van der Waals surface area contributed by atoms with Gasteiger partial charge in [0.2, 0.25) is 5.91 Å². The molecule has 1 N–H and O–H groups in total. The van der Waals surface area contributed by atoms with Gasteiger partial charge in [-0.25, -0.2) is 0 Å². The topological polar surface area (TPSA) is 29.1 Å². The maximum atomic E-state index is 11.8. The predicted octanol–water partition coefficient (Wildman–Crippen LogP) is 4.13. The third-order valence-corrected chi connectivity index (χ3v) is 3.40. The molecule has 0 unspecified atom stereocenters. The Morgan fingerprint density at radius 2 is 1.89 bits per heavy atom. The van der Waals surface area contributed by atoms with Gasteiger partial charge in [-0.2, -0.15) is 0 Å². The largest absolute Gasteiger partial charge is 0.324 e. The van der Waals surface area contributed by atoms with Gasteiger partial charge in [0.1, 0.15) is 0 Å². The summed E-state index contributed by atoms with van der Waals surface area (Å²) in [7, 11) is 0. The number of hydrogen-bond donors (Lipinski definition) is 1. The summed E-state index contributed by atoms with van der Waals surface area (Å²) < 4.78 is 1.04. The zero-order valence-electron chi connectivity index (χ0n) is 9.49. The minimum absolute atomic E-state index is 0.0655. The first-order valence-corrected chi connectivity index (χ1v) is 6.89. The summed E-state index contributed by atoms with van der Waals surface area (Å²) in [6.45, 7) is 0. The quantitative estimate of drug-likeness (QED) is 0.808. The van der Waals surface area contributed by atoms with E-state index in [9.17, 15) is 4.79 Å². The van der Waals surface area contributed by atoms with Crippen molar-refractivity contribution >= 4 is 45.8 Å². The second-order valence-electron chi connectivity index (χ2n) is 3.83. The first-order chi connectivity index (χ1) is 8.65. The zero-order chi connectivity index (χ0) is 13.0. The molecule has 0 spiro atoms. The number of hydrogen-bond acceptors (Lipinski definition) is 1. The molecule has 4 heteroatoms. The van der Waals surface area contributed by atoms with Crippen molar-refractivity contribution in [2.75, 3.05) is 5.32 Å². The van der Waals surface area contributed by atoms with Crippen LogP contribution < -0.4 is 5.32 Å². The van der Waals surface area contributed by atoms with Gasteiger partial charge in [0, 0.05) is 3.57 Å². The predicted molar refractivity (Wildman–Crippen MR) is 82.9 cm³/mol. The Morgan fingerprint density at radius 1 is 1.17 bits per heavy atom. The first-order valence-electron chi connectivity index (χ1n) is 5.44. The summed E-state index contributed by atoms with van der Waals surface area (Å²) in [4.78, 5) is 11.8. The molecule has 0 saturated carbocycles. The van der Waals surface area contributed by atoms with Crippen molar-refractivity contribution in [2.24, 2.45) is 0 Å². The fraction of sp³-hybridized carbons (Fsp3) is 0.0714. The highest BCUT2D eigenvalue weighted by molar-refractivity contribution is 14.1. The van der Waals surface area contributed by atoms with E-state index in [1.165, 1.54) is 0 Å². The molecule has 92 valence electrons. The van der Waals surface area contributed by atoms with E-state index >= 15 is 0 Å². The van der Waals surface area contributed by atoms with Crippen LogP contribution in [0.5, 0.6) is 0 Å². The van der Waals surface area contributed by atoms with Crippen LogP contribution in [0.1, 0.15) is 5.56 Å². The van der Waals surface area contributed by atoms with Gasteiger partial charge in [0.05, 0.1) is 17.1 Å². The molecule has 2 aromatic carbocycles. The highest BCUT2D eigenvalue weighted by atomic mass is 127. The summed E-state index contributed by atoms with van der Waals surface area (Å²) in [6.07, 6.45) is 0.350. The molecule has 2 rings (SSSR count). The van der Waals surface area contributed by atoms with Crippen molar-refractivity contribution in [3.8, 4) is 0 Å². The SMILES string of the molecule is O=C(Cc1ccccc1)Nc1ccc(I)cc1Cl. The van der Waals surface area contributed by atoms with Crippen LogP contribution in [0.15, 0.2) is 48.5 Å². The van der Waals surface area contributed by atoms with Gasteiger partial charge in [-0.05, 0) is 46.4 Å². The molecule has 0 aromatic heterocycles. The van der Waals surface area contributed by atoms with Crippen molar-refractivity contribution in [1.29, 1.82) is 0 Å². The molecule has 0 fully saturated rings. The van der Waals surface area contributed by atoms with Crippen molar-refractivity contribution in [1.82, 2.24) is 0 Å². The molecule has 0 aliphatic heterocycles. The van der Waals surface area contributed by atoms with Gasteiger partial charge < -0.3 is 5.32 Å². The third kappa shape index (κ3) is 3.71. The summed E-state index contributed by atoms with van der Waals surface area (Å²) in [6, 6.07) is 15.2. The van der Waals surface area contributed by atoms with Gasteiger partial charge in [-0.1, -0.05) is 41.9 Å². The van der Waals surface area contributed by atoms with E-state index in [4.69, 9.17) is 11.6 Å². The van der Waals surface area contributed by atoms with E-state index < -0.39 is 0 Å². The van der Waals surface area contributed by atoms with Crippen LogP contribution in [0.3, 0.4) is 0 Å². The van der Waals surface area contributed by atoms with Crippen molar-refractivity contribution < 1.29 is 4.79 Å². The Balaban J connectivity index is 2.03. The Kier molecular flexibility index (Phi) is 4.60. The smallest absolute Gasteiger partial charge is 0.228 e. The van der Waals surface area contributed by atoms with Crippen LogP contribution >= 0.6 is 34.2 Å². The van der Waals surface area contributed by atoms with E-state index in [0.717, 1.165) is 9.13 Å². The van der Waals surface area contributed by atoms with Crippen LogP contribution in [-0.4, -0.2) is 5.91 Å². The lowest BCUT2D eigenvalue weighted by molar-refractivity contribution is -0.115. The van der Waals surface area contributed by atoms with Crippen molar-refractivity contribution in [3.05, 3.63) is 62.7 Å². The second-order valence-corrected chi connectivity index (χ2v) is 5.49. The molecule has 18 heavy (non-hydrogen) atoms. The number of nitrogens with one attached hydrogen (secondary N) is 1. The summed E-state index contributed by atoms with van der Waals surface area (Å²) in [5.74, 6) is -0.0655. The van der Waals surface area contributed by atoms with Gasteiger partial charge >= 0.3 is 0 Å². The molecule has 0 aliphatic carbocycles. The van der Waals surface area contributed by atoms with Gasteiger partial charge in [0.25, 0.3) is 0 Å². The van der Waals surface area contributed by atoms with Gasteiger partial charge in [-0.15, -0.1) is 0 Å². The lowest BCUT2D eigenvalue weighted by atomic mass is 10.1. The number of benzene rings is 2. The minimum Gasteiger partial charge on any atom is -0.324 e. The molecule has 2 nitrogen and oxygen atoms in total. The summed E-state index contributed by atoms with van der Waals surface area (Å²) in [5, 5.41) is 3.37. The van der Waals surface area contributed by atoms with E-state index in [1.54, 1.807) is 0 Å². The molecule has 2 aromatic rings. The van der Waals surface area contributed by atoms with Crippen molar-refractivity contribution in [3.63, 3.8) is 0 Å². The van der Waals surface area contributed by atoms with Crippen LogP contribution in [0.2, 0.25) is 5.02 Å². The fourth-order valence-electron chi connectivity index (χ4n) is 1.57. The normalized spacial score (nSPS) is 10.1. The van der Waals surface area contributed by atoms with E-state index in [1.807, 2.05) is 48.5 Å². The van der Waals surface area contributed by atoms with Crippen LogP contribution in [0.25, 0.3) is 0 Å². The Bertz CT molecular complexity index is 557. The lowest BCUT2D eigenvalue weighted by Gasteiger charge is -2.07. The standard InChI is InChI=1S/C14H11ClINO/c15-12-9-11(16)6-7-13(12)17-14(18)8-10-4-2-1-3-5-10/h1-7,9H,8H2,(H,17,18). The molecule has 0 atom stereocenters. The molecule has 0 bridgehead atoms. The van der Waals surface area contributed by atoms with Crippen molar-refractivity contribution in [2.45, 2.75) is 6.42 Å². The van der Waals surface area contributed by atoms with Gasteiger partial charge in [0.15, 0.2) is 0 Å². The molecular weight excluding hydrogens is 361 g/mol. The zero-order valence-corrected chi connectivity index (χ0v) is 12.4. The maximum absolute atomic E-state index is 11.8. The first kappa shape index (κ1) is 13.4. The van der Waals surface area contributed by atoms with Crippen LogP contribution in [0.4, 0.5) is 5.69 Å². The molecular formula is C14H11ClINO. The summed E-state index contributed by atoms with van der Waals surface area (Å²) in [5.41, 5.74) is 1.63. The number of carbonyl (C=O) groups is 1. The Morgan fingerprint density at radius 3 is 2.56 bits per heavy atom. The molecule has 0 aliphatic rings. The van der Waals surface area contributed by atoms with Gasteiger partial charge in [-0.3, -0.25) is 4.79 Å². The maximum Gasteiger partial charge on any atom is 0.228 e. The monoisotopic (exact) mass is 371 g/mol. The second kappa shape index (κ2) is 6.20. The van der Waals surface area contributed by atoms with E-state index in [-0.39, 0.29) is 5.91 Å². The fourth-order valence-corrected chi connectivity index (χ4v) is 2.47. The average Bonchev–Trinajstić information content (AvgIpc) is 2.34. The average molecular weight is 372 g/mol. The molecule has 0 heterocycles. The highest BCUT2D eigenvalue weighted by Crippen LogP contribution is 2.23. The number of anilines is 1. The van der Waals surface area contributed by atoms with E-state index in [0.29, 0.717) is 17.1 Å². The summed E-state index contributed by atoms with van der Waals surface area (Å²) >= 11 is 8.23. The number of halogens is 2. The lowest BCUT2D eigenvalue weighted by Crippen LogP contribution is -2.14. The van der Waals surface area contributed by atoms with Crippen LogP contribution in [0, 0.1) is 3.57 Å². The van der Waals surface area contributed by atoms with Crippen LogP contribution in [-0.2, 0) is 11.2 Å². The highest BCUT2D eigenvalue weighted by Gasteiger charge is 2.06. The number of carbonyl (C=O) groups excluding carboxylic acids is 1.